The largest absolute Gasteiger partial charge is 0.485 e. The summed E-state index contributed by atoms with van der Waals surface area (Å²) in [5.41, 5.74) is 0.964. The molecular formula is C20H17N3O6S. The number of thioether (sulfide) groups is 1. The quantitative estimate of drug-likeness (QED) is 0.468. The van der Waals surface area contributed by atoms with Crippen LogP contribution in [0.15, 0.2) is 58.2 Å². The van der Waals surface area contributed by atoms with Crippen molar-refractivity contribution in [2.45, 2.75) is 11.3 Å². The van der Waals surface area contributed by atoms with E-state index in [1.54, 1.807) is 30.3 Å². The Balaban J connectivity index is 1.29. The van der Waals surface area contributed by atoms with Crippen molar-refractivity contribution < 1.29 is 28.2 Å². The lowest BCUT2D eigenvalue weighted by Gasteiger charge is -2.23. The van der Waals surface area contributed by atoms with Gasteiger partial charge in [0.2, 0.25) is 12.0 Å². The molecule has 1 unspecified atom stereocenters. The summed E-state index contributed by atoms with van der Waals surface area (Å²) in [7, 11) is 1.31. The lowest BCUT2D eigenvalue weighted by molar-refractivity contribution is -0.113. The van der Waals surface area contributed by atoms with E-state index in [9.17, 15) is 9.59 Å². The highest BCUT2D eigenvalue weighted by molar-refractivity contribution is 7.99. The number of benzene rings is 2. The number of amides is 1. The van der Waals surface area contributed by atoms with E-state index in [-0.39, 0.29) is 29.4 Å². The van der Waals surface area contributed by atoms with E-state index in [2.05, 4.69) is 20.3 Å². The van der Waals surface area contributed by atoms with Crippen molar-refractivity contribution in [1.29, 1.82) is 0 Å². The Morgan fingerprint density at radius 1 is 1.13 bits per heavy atom. The van der Waals surface area contributed by atoms with Crippen LogP contribution < -0.4 is 14.8 Å². The molecule has 0 saturated heterocycles. The number of rotatable bonds is 6. The van der Waals surface area contributed by atoms with Gasteiger partial charge < -0.3 is 23.9 Å². The molecule has 0 fully saturated rings. The molecule has 2 aromatic carbocycles. The first-order valence-electron chi connectivity index (χ1n) is 8.95. The summed E-state index contributed by atoms with van der Waals surface area (Å²) in [5.74, 6) is 0.942. The van der Waals surface area contributed by atoms with E-state index in [0.29, 0.717) is 22.7 Å². The van der Waals surface area contributed by atoms with Crippen LogP contribution in [0.2, 0.25) is 0 Å². The molecule has 2 heterocycles. The minimum atomic E-state index is -0.510. The van der Waals surface area contributed by atoms with Crippen LogP contribution in [0, 0.1) is 0 Å². The molecule has 1 atom stereocenters. The van der Waals surface area contributed by atoms with E-state index in [1.807, 2.05) is 18.2 Å². The van der Waals surface area contributed by atoms with E-state index in [0.717, 1.165) is 11.8 Å². The van der Waals surface area contributed by atoms with Crippen LogP contribution in [-0.4, -0.2) is 41.5 Å². The summed E-state index contributed by atoms with van der Waals surface area (Å²) in [6, 6.07) is 13.7. The van der Waals surface area contributed by atoms with Crippen LogP contribution >= 0.6 is 11.8 Å². The third-order valence-electron chi connectivity index (χ3n) is 4.12. The molecule has 0 spiro atoms. The van der Waals surface area contributed by atoms with Crippen molar-refractivity contribution in [3.8, 4) is 11.5 Å². The van der Waals surface area contributed by atoms with Gasteiger partial charge in [-0.25, -0.2) is 4.79 Å². The van der Waals surface area contributed by atoms with Crippen molar-refractivity contribution in [3.63, 3.8) is 0 Å². The SMILES string of the molecule is COC(=O)c1ccc(NC(=O)CSc2nnc(C3COc4ccccc4O3)o2)cc1. The molecule has 10 heteroatoms. The summed E-state index contributed by atoms with van der Waals surface area (Å²) in [6.45, 7) is 0.255. The second-order valence-corrected chi connectivity index (χ2v) is 7.10. The van der Waals surface area contributed by atoms with E-state index in [1.165, 1.54) is 7.11 Å². The number of nitrogens with one attached hydrogen (secondary N) is 1. The summed E-state index contributed by atoms with van der Waals surface area (Å²) in [5, 5.41) is 10.9. The van der Waals surface area contributed by atoms with Gasteiger partial charge in [0.25, 0.3) is 11.1 Å². The van der Waals surface area contributed by atoms with Gasteiger partial charge in [-0.3, -0.25) is 4.79 Å². The van der Waals surface area contributed by atoms with Crippen molar-refractivity contribution in [1.82, 2.24) is 10.2 Å². The first-order valence-corrected chi connectivity index (χ1v) is 9.94. The molecule has 1 amide bonds. The third-order valence-corrected chi connectivity index (χ3v) is 4.94. The number of hydrogen-bond acceptors (Lipinski definition) is 9. The smallest absolute Gasteiger partial charge is 0.337 e. The lowest BCUT2D eigenvalue weighted by Crippen LogP contribution is -2.21. The fourth-order valence-corrected chi connectivity index (χ4v) is 3.25. The van der Waals surface area contributed by atoms with E-state index in [4.69, 9.17) is 13.9 Å². The molecule has 0 bridgehead atoms. The number of para-hydroxylation sites is 2. The predicted molar refractivity (Wildman–Crippen MR) is 107 cm³/mol. The molecule has 154 valence electrons. The van der Waals surface area contributed by atoms with Gasteiger partial charge in [0.05, 0.1) is 18.4 Å². The first kappa shape index (κ1) is 19.8. The van der Waals surface area contributed by atoms with Gasteiger partial charge in [-0.2, -0.15) is 0 Å². The number of hydrogen-bond donors (Lipinski definition) is 1. The normalized spacial score (nSPS) is 14.8. The zero-order chi connectivity index (χ0) is 20.9. The number of nitrogens with zero attached hydrogens (tertiary/aromatic N) is 2. The molecule has 1 N–H and O–H groups in total. The number of anilines is 1. The molecule has 1 aromatic heterocycles. The van der Waals surface area contributed by atoms with Crippen LogP contribution in [-0.2, 0) is 9.53 Å². The standard InChI is InChI=1S/C20H17N3O6S/c1-26-19(25)12-6-8-13(9-7-12)21-17(24)11-30-20-23-22-18(29-20)16-10-27-14-4-2-3-5-15(14)28-16/h2-9,16H,10-11H2,1H3,(H,21,24). The first-order chi connectivity index (χ1) is 14.6. The van der Waals surface area contributed by atoms with Crippen molar-refractivity contribution in [2.75, 3.05) is 24.8 Å². The minimum absolute atomic E-state index is 0.0746. The topological polar surface area (TPSA) is 113 Å². The van der Waals surface area contributed by atoms with Gasteiger partial charge in [0.1, 0.15) is 6.61 Å². The number of carbonyl (C=O) groups excluding carboxylic acids is 2. The average Bonchev–Trinajstić information content (AvgIpc) is 3.26. The molecule has 1 aliphatic heterocycles. The van der Waals surface area contributed by atoms with E-state index >= 15 is 0 Å². The Labute approximate surface area is 175 Å². The number of carbonyl (C=O) groups is 2. The van der Waals surface area contributed by atoms with Crippen molar-refractivity contribution in [2.24, 2.45) is 0 Å². The van der Waals surface area contributed by atoms with E-state index < -0.39 is 12.1 Å². The van der Waals surface area contributed by atoms with Crippen LogP contribution in [0.3, 0.4) is 0 Å². The second kappa shape index (κ2) is 8.87. The van der Waals surface area contributed by atoms with Crippen LogP contribution in [0.25, 0.3) is 0 Å². The Bertz CT molecular complexity index is 1050. The average molecular weight is 427 g/mol. The second-order valence-electron chi connectivity index (χ2n) is 6.18. The van der Waals surface area contributed by atoms with Gasteiger partial charge in [-0.1, -0.05) is 23.9 Å². The molecular weight excluding hydrogens is 410 g/mol. The number of methoxy groups -OCH3 is 1. The third kappa shape index (κ3) is 4.54. The summed E-state index contributed by atoms with van der Waals surface area (Å²) in [4.78, 5) is 23.6. The Morgan fingerprint density at radius 3 is 2.67 bits per heavy atom. The van der Waals surface area contributed by atoms with Crippen LogP contribution in [0.5, 0.6) is 11.5 Å². The molecule has 0 saturated carbocycles. The van der Waals surface area contributed by atoms with Crippen molar-refractivity contribution >= 4 is 29.3 Å². The zero-order valence-corrected chi connectivity index (χ0v) is 16.7. The molecule has 9 nitrogen and oxygen atoms in total. The number of fused-ring (bicyclic) bond motifs is 1. The highest BCUT2D eigenvalue weighted by Gasteiger charge is 2.27. The molecule has 3 aromatic rings. The summed E-state index contributed by atoms with van der Waals surface area (Å²) < 4.78 is 21.7. The monoisotopic (exact) mass is 427 g/mol. The van der Waals surface area contributed by atoms with Gasteiger partial charge in [0.15, 0.2) is 11.5 Å². The number of ether oxygens (including phenoxy) is 3. The fourth-order valence-electron chi connectivity index (χ4n) is 2.68. The predicted octanol–water partition coefficient (Wildman–Crippen LogP) is 3.10. The van der Waals surface area contributed by atoms with Crippen LogP contribution in [0.4, 0.5) is 5.69 Å². The summed E-state index contributed by atoms with van der Waals surface area (Å²) in [6.07, 6.45) is -0.510. The molecule has 30 heavy (non-hydrogen) atoms. The molecule has 0 aliphatic carbocycles. The Hall–Kier alpha value is -3.53. The number of aromatic nitrogens is 2. The highest BCUT2D eigenvalue weighted by atomic mass is 32.2. The number of esters is 1. The molecule has 1 aliphatic rings. The Kier molecular flexibility index (Phi) is 5.84. The Morgan fingerprint density at radius 2 is 1.90 bits per heavy atom. The lowest BCUT2D eigenvalue weighted by atomic mass is 10.2. The maximum absolute atomic E-state index is 12.1. The maximum atomic E-state index is 12.1. The fraction of sp³-hybridized carbons (Fsp3) is 0.200. The minimum Gasteiger partial charge on any atom is -0.485 e. The molecule has 4 rings (SSSR count). The maximum Gasteiger partial charge on any atom is 0.337 e. The summed E-state index contributed by atoms with van der Waals surface area (Å²) >= 11 is 1.11. The van der Waals surface area contributed by atoms with Gasteiger partial charge >= 0.3 is 5.97 Å². The zero-order valence-electron chi connectivity index (χ0n) is 15.9. The van der Waals surface area contributed by atoms with Gasteiger partial charge in [-0.15, -0.1) is 10.2 Å². The van der Waals surface area contributed by atoms with Gasteiger partial charge in [-0.05, 0) is 36.4 Å². The van der Waals surface area contributed by atoms with Crippen LogP contribution in [0.1, 0.15) is 22.4 Å². The van der Waals surface area contributed by atoms with Gasteiger partial charge in [0, 0.05) is 5.69 Å². The van der Waals surface area contributed by atoms with Crippen molar-refractivity contribution in [3.05, 3.63) is 60.0 Å². The molecule has 0 radical (unpaired) electrons. The highest BCUT2D eigenvalue weighted by Crippen LogP contribution is 2.35.